The molecule has 0 saturated carbocycles. The number of benzene rings is 2. The summed E-state index contributed by atoms with van der Waals surface area (Å²) in [7, 11) is 0. The summed E-state index contributed by atoms with van der Waals surface area (Å²) >= 11 is 3.91. The molecule has 2 atom stereocenters. The lowest BCUT2D eigenvalue weighted by Gasteiger charge is -2.27. The Morgan fingerprint density at radius 1 is 1.16 bits per heavy atom. The van der Waals surface area contributed by atoms with Crippen molar-refractivity contribution in [3.63, 3.8) is 0 Å². The summed E-state index contributed by atoms with van der Waals surface area (Å²) in [6, 6.07) is 13.2. The molecule has 2 heteroatoms. The monoisotopic (exact) mass is 318 g/mol. The maximum absolute atomic E-state index is 5.63. The lowest BCUT2D eigenvalue weighted by molar-refractivity contribution is 0.0547. The summed E-state index contributed by atoms with van der Waals surface area (Å²) in [5, 5.41) is 2.73. The van der Waals surface area contributed by atoms with Gasteiger partial charge in [0.05, 0.1) is 6.61 Å². The molecule has 2 aromatic rings. The van der Waals surface area contributed by atoms with Crippen LogP contribution in [0, 0.1) is 12.8 Å². The molecular formula is C17H19BrO. The minimum Gasteiger partial charge on any atom is -0.381 e. The first-order valence-electron chi connectivity index (χ1n) is 6.97. The van der Waals surface area contributed by atoms with Gasteiger partial charge in [-0.05, 0) is 47.6 Å². The van der Waals surface area contributed by atoms with E-state index >= 15 is 0 Å². The Labute approximate surface area is 123 Å². The Bertz CT molecular complexity index is 572. The number of ether oxygens (including phenoxy) is 1. The maximum Gasteiger partial charge on any atom is 0.0508 e. The van der Waals surface area contributed by atoms with Gasteiger partial charge in [-0.25, -0.2) is 0 Å². The van der Waals surface area contributed by atoms with Crippen molar-refractivity contribution in [1.82, 2.24) is 0 Å². The highest BCUT2D eigenvalue weighted by Crippen LogP contribution is 2.39. The third-order valence-electron chi connectivity index (χ3n) is 4.08. The first kappa shape index (κ1) is 13.1. The van der Waals surface area contributed by atoms with E-state index in [0.29, 0.717) is 10.7 Å². The van der Waals surface area contributed by atoms with E-state index in [9.17, 15) is 0 Å². The fraction of sp³-hybridized carbons (Fsp3) is 0.412. The molecule has 19 heavy (non-hydrogen) atoms. The van der Waals surface area contributed by atoms with Crippen molar-refractivity contribution in [1.29, 1.82) is 0 Å². The Morgan fingerprint density at radius 2 is 1.95 bits per heavy atom. The molecule has 0 aromatic heterocycles. The van der Waals surface area contributed by atoms with Crippen molar-refractivity contribution in [2.45, 2.75) is 24.6 Å². The first-order valence-corrected chi connectivity index (χ1v) is 7.89. The van der Waals surface area contributed by atoms with Crippen LogP contribution >= 0.6 is 15.9 Å². The molecule has 2 aromatic carbocycles. The highest BCUT2D eigenvalue weighted by atomic mass is 79.9. The van der Waals surface area contributed by atoms with Gasteiger partial charge in [-0.1, -0.05) is 52.3 Å². The van der Waals surface area contributed by atoms with Gasteiger partial charge in [-0.2, -0.15) is 0 Å². The van der Waals surface area contributed by atoms with E-state index in [4.69, 9.17) is 4.74 Å². The molecule has 1 heterocycles. The Balaban J connectivity index is 2.02. The fourth-order valence-electron chi connectivity index (χ4n) is 2.96. The average molecular weight is 319 g/mol. The summed E-state index contributed by atoms with van der Waals surface area (Å²) in [4.78, 5) is 0.387. The summed E-state index contributed by atoms with van der Waals surface area (Å²) in [6.07, 6.45) is 2.43. The number of alkyl halides is 1. The zero-order valence-corrected chi connectivity index (χ0v) is 12.8. The third kappa shape index (κ3) is 2.56. The van der Waals surface area contributed by atoms with Gasteiger partial charge in [0, 0.05) is 11.4 Å². The molecule has 1 aliphatic heterocycles. The molecule has 0 amide bonds. The summed E-state index contributed by atoms with van der Waals surface area (Å²) < 4.78 is 5.63. The summed E-state index contributed by atoms with van der Waals surface area (Å²) in [5.41, 5.74) is 2.75. The van der Waals surface area contributed by atoms with E-state index in [-0.39, 0.29) is 0 Å². The number of halogens is 1. The SMILES string of the molecule is Cc1ccc(C(Br)C2CCCOC2)c2ccccc12. The number of rotatable bonds is 2. The second-order valence-corrected chi connectivity index (χ2v) is 6.38. The van der Waals surface area contributed by atoms with Gasteiger partial charge in [0.25, 0.3) is 0 Å². The second-order valence-electron chi connectivity index (χ2n) is 5.40. The minimum atomic E-state index is 0.387. The molecule has 1 aliphatic rings. The van der Waals surface area contributed by atoms with E-state index in [2.05, 4.69) is 59.3 Å². The predicted octanol–water partition coefficient (Wildman–Crippen LogP) is 5.01. The maximum atomic E-state index is 5.63. The van der Waals surface area contributed by atoms with Crippen LogP contribution in [0.2, 0.25) is 0 Å². The number of hydrogen-bond donors (Lipinski definition) is 0. The van der Waals surface area contributed by atoms with Gasteiger partial charge in [0.2, 0.25) is 0 Å². The van der Waals surface area contributed by atoms with Crippen LogP contribution in [0.4, 0.5) is 0 Å². The Morgan fingerprint density at radius 3 is 2.68 bits per heavy atom. The highest BCUT2D eigenvalue weighted by Gasteiger charge is 2.24. The van der Waals surface area contributed by atoms with Crippen LogP contribution in [-0.2, 0) is 4.74 Å². The number of aryl methyl sites for hydroxylation is 1. The van der Waals surface area contributed by atoms with Gasteiger partial charge in [-0.3, -0.25) is 0 Å². The van der Waals surface area contributed by atoms with E-state index in [1.54, 1.807) is 0 Å². The predicted molar refractivity (Wildman–Crippen MR) is 83.9 cm³/mol. The lowest BCUT2D eigenvalue weighted by atomic mass is 9.90. The van der Waals surface area contributed by atoms with Gasteiger partial charge in [0.1, 0.15) is 0 Å². The molecule has 1 nitrogen and oxygen atoms in total. The molecule has 1 fully saturated rings. The van der Waals surface area contributed by atoms with Crippen LogP contribution < -0.4 is 0 Å². The lowest BCUT2D eigenvalue weighted by Crippen LogP contribution is -2.21. The molecule has 0 bridgehead atoms. The van der Waals surface area contributed by atoms with Crippen LogP contribution in [-0.4, -0.2) is 13.2 Å². The molecule has 1 saturated heterocycles. The van der Waals surface area contributed by atoms with Gasteiger partial charge >= 0.3 is 0 Å². The highest BCUT2D eigenvalue weighted by molar-refractivity contribution is 9.09. The fourth-order valence-corrected chi connectivity index (χ4v) is 3.78. The van der Waals surface area contributed by atoms with E-state index < -0.39 is 0 Å². The molecule has 0 spiro atoms. The number of hydrogen-bond acceptors (Lipinski definition) is 1. The smallest absolute Gasteiger partial charge is 0.0508 e. The molecule has 0 aliphatic carbocycles. The number of fused-ring (bicyclic) bond motifs is 1. The first-order chi connectivity index (χ1) is 9.27. The molecule has 2 unspecified atom stereocenters. The normalized spacial score (nSPS) is 21.5. The standard InChI is InChI=1S/C17H19BrO/c1-12-8-9-16(15-7-3-2-6-14(12)15)17(18)13-5-4-10-19-11-13/h2-3,6-9,13,17H,4-5,10-11H2,1H3. The van der Waals surface area contributed by atoms with Crippen molar-refractivity contribution in [3.8, 4) is 0 Å². The van der Waals surface area contributed by atoms with Crippen molar-refractivity contribution in [2.75, 3.05) is 13.2 Å². The average Bonchev–Trinajstić information content (AvgIpc) is 2.48. The van der Waals surface area contributed by atoms with Crippen molar-refractivity contribution in [2.24, 2.45) is 5.92 Å². The van der Waals surface area contributed by atoms with E-state index in [1.807, 2.05) is 0 Å². The molecule has 100 valence electrons. The third-order valence-corrected chi connectivity index (χ3v) is 5.32. The zero-order valence-electron chi connectivity index (χ0n) is 11.2. The Kier molecular flexibility index (Phi) is 3.90. The second kappa shape index (κ2) is 5.64. The molecule has 0 N–H and O–H groups in total. The van der Waals surface area contributed by atoms with E-state index in [1.165, 1.54) is 34.7 Å². The Hall–Kier alpha value is -0.860. The van der Waals surface area contributed by atoms with Crippen LogP contribution in [0.5, 0.6) is 0 Å². The van der Waals surface area contributed by atoms with Gasteiger partial charge in [0.15, 0.2) is 0 Å². The molecular weight excluding hydrogens is 300 g/mol. The van der Waals surface area contributed by atoms with Crippen molar-refractivity contribution >= 4 is 26.7 Å². The molecule has 3 rings (SSSR count). The quantitative estimate of drug-likeness (QED) is 0.707. The van der Waals surface area contributed by atoms with Crippen molar-refractivity contribution in [3.05, 3.63) is 47.5 Å². The summed E-state index contributed by atoms with van der Waals surface area (Å²) in [5.74, 6) is 0.583. The van der Waals surface area contributed by atoms with Crippen LogP contribution in [0.3, 0.4) is 0 Å². The van der Waals surface area contributed by atoms with Crippen LogP contribution in [0.1, 0.15) is 28.8 Å². The van der Waals surface area contributed by atoms with Gasteiger partial charge in [-0.15, -0.1) is 0 Å². The van der Waals surface area contributed by atoms with E-state index in [0.717, 1.165) is 13.2 Å². The topological polar surface area (TPSA) is 9.23 Å². The van der Waals surface area contributed by atoms with Crippen LogP contribution in [0.25, 0.3) is 10.8 Å². The van der Waals surface area contributed by atoms with Gasteiger partial charge < -0.3 is 4.74 Å². The zero-order chi connectivity index (χ0) is 13.2. The van der Waals surface area contributed by atoms with Crippen molar-refractivity contribution < 1.29 is 4.74 Å². The largest absolute Gasteiger partial charge is 0.381 e. The molecule has 0 radical (unpaired) electrons. The minimum absolute atomic E-state index is 0.387. The van der Waals surface area contributed by atoms with Crippen LogP contribution in [0.15, 0.2) is 36.4 Å². The summed E-state index contributed by atoms with van der Waals surface area (Å²) in [6.45, 7) is 3.97.